The summed E-state index contributed by atoms with van der Waals surface area (Å²) >= 11 is 0. The largest absolute Gasteiger partial charge is 0.491 e. The topological polar surface area (TPSA) is 64.4 Å². The number of nitrogens with two attached hydrogens (primary N) is 1. The third-order valence-corrected chi connectivity index (χ3v) is 2.64. The number of carbonyl (C=O) groups is 1. The second-order valence-electron chi connectivity index (χ2n) is 4.07. The van der Waals surface area contributed by atoms with E-state index in [4.69, 9.17) is 10.5 Å². The van der Waals surface area contributed by atoms with Gasteiger partial charge in [-0.1, -0.05) is 42.5 Å². The molecule has 2 aromatic rings. The molecule has 0 fully saturated rings. The predicted octanol–water partition coefficient (Wildman–Crippen LogP) is 2.80. The molecular weight excluding hydrogens is 240 g/mol. The van der Waals surface area contributed by atoms with Crippen LogP contribution in [0.2, 0.25) is 0 Å². The van der Waals surface area contributed by atoms with Crippen LogP contribution in [0.1, 0.15) is 5.56 Å². The lowest BCUT2D eigenvalue weighted by Crippen LogP contribution is -2.19. The number of para-hydroxylation sites is 2. The van der Waals surface area contributed by atoms with Crippen molar-refractivity contribution in [3.05, 3.63) is 60.2 Å². The zero-order chi connectivity index (χ0) is 13.5. The Kier molecular flexibility index (Phi) is 4.39. The van der Waals surface area contributed by atoms with Crippen LogP contribution in [0.5, 0.6) is 5.75 Å². The maximum Gasteiger partial charge on any atom is 0.316 e. The Hall–Kier alpha value is -2.49. The van der Waals surface area contributed by atoms with Crippen LogP contribution in [0.4, 0.5) is 10.5 Å². The molecule has 0 saturated heterocycles. The fraction of sp³-hybridized carbons (Fsp3) is 0.133. The molecule has 4 heteroatoms. The van der Waals surface area contributed by atoms with E-state index in [1.54, 1.807) is 12.1 Å². The Morgan fingerprint density at radius 2 is 1.74 bits per heavy atom. The maximum absolute atomic E-state index is 10.9. The minimum absolute atomic E-state index is 0.543. The first-order valence-electron chi connectivity index (χ1n) is 6.08. The van der Waals surface area contributed by atoms with Crippen molar-refractivity contribution in [3.63, 3.8) is 0 Å². The highest BCUT2D eigenvalue weighted by atomic mass is 16.5. The van der Waals surface area contributed by atoms with Gasteiger partial charge in [-0.25, -0.2) is 4.79 Å². The second kappa shape index (κ2) is 6.44. The maximum atomic E-state index is 10.9. The molecule has 0 unspecified atom stereocenters. The quantitative estimate of drug-likeness (QED) is 0.864. The molecule has 0 radical (unpaired) electrons. The number of hydrogen-bond donors (Lipinski definition) is 2. The number of urea groups is 1. The molecule has 0 atom stereocenters. The molecular formula is C15H16N2O2. The molecule has 2 amide bonds. The monoisotopic (exact) mass is 256 g/mol. The van der Waals surface area contributed by atoms with Gasteiger partial charge < -0.3 is 15.8 Å². The smallest absolute Gasteiger partial charge is 0.316 e. The van der Waals surface area contributed by atoms with E-state index < -0.39 is 6.03 Å². The SMILES string of the molecule is NC(=O)Nc1ccccc1OCCc1ccccc1. The zero-order valence-electron chi connectivity index (χ0n) is 10.5. The van der Waals surface area contributed by atoms with Crippen molar-refractivity contribution in [2.24, 2.45) is 5.73 Å². The van der Waals surface area contributed by atoms with Gasteiger partial charge in [-0.3, -0.25) is 0 Å². The molecule has 0 aliphatic carbocycles. The van der Waals surface area contributed by atoms with Gasteiger partial charge in [-0.05, 0) is 17.7 Å². The fourth-order valence-electron chi connectivity index (χ4n) is 1.75. The van der Waals surface area contributed by atoms with E-state index in [-0.39, 0.29) is 0 Å². The number of nitrogens with one attached hydrogen (secondary N) is 1. The van der Waals surface area contributed by atoms with Crippen LogP contribution < -0.4 is 15.8 Å². The summed E-state index contributed by atoms with van der Waals surface area (Å²) in [4.78, 5) is 10.9. The van der Waals surface area contributed by atoms with Gasteiger partial charge in [0.1, 0.15) is 5.75 Å². The van der Waals surface area contributed by atoms with Gasteiger partial charge in [0.15, 0.2) is 0 Å². The highest BCUT2D eigenvalue weighted by Gasteiger charge is 2.04. The molecule has 4 nitrogen and oxygen atoms in total. The number of primary amides is 1. The minimum Gasteiger partial charge on any atom is -0.491 e. The van der Waals surface area contributed by atoms with Crippen LogP contribution in [-0.4, -0.2) is 12.6 Å². The molecule has 0 spiro atoms. The molecule has 98 valence electrons. The first-order chi connectivity index (χ1) is 9.25. The highest BCUT2D eigenvalue weighted by molar-refractivity contribution is 5.89. The Morgan fingerprint density at radius 1 is 1.05 bits per heavy atom. The summed E-state index contributed by atoms with van der Waals surface area (Å²) in [5.74, 6) is 0.622. The van der Waals surface area contributed by atoms with E-state index in [9.17, 15) is 4.79 Å². The molecule has 0 heterocycles. The van der Waals surface area contributed by atoms with E-state index in [2.05, 4.69) is 17.4 Å². The molecule has 3 N–H and O–H groups in total. The number of benzene rings is 2. The number of carbonyl (C=O) groups excluding carboxylic acids is 1. The Balaban J connectivity index is 1.94. The number of rotatable bonds is 5. The van der Waals surface area contributed by atoms with Gasteiger partial charge in [0.05, 0.1) is 12.3 Å². The summed E-state index contributed by atoms with van der Waals surface area (Å²) in [7, 11) is 0. The Morgan fingerprint density at radius 3 is 2.47 bits per heavy atom. The van der Waals surface area contributed by atoms with Crippen molar-refractivity contribution in [1.82, 2.24) is 0 Å². The van der Waals surface area contributed by atoms with Crippen molar-refractivity contribution in [3.8, 4) is 5.75 Å². The summed E-state index contributed by atoms with van der Waals surface area (Å²) < 4.78 is 5.67. The number of anilines is 1. The van der Waals surface area contributed by atoms with E-state index in [1.807, 2.05) is 30.3 Å². The van der Waals surface area contributed by atoms with Gasteiger partial charge in [-0.15, -0.1) is 0 Å². The number of hydrogen-bond acceptors (Lipinski definition) is 2. The van der Waals surface area contributed by atoms with Crippen LogP contribution in [0, 0.1) is 0 Å². The molecule has 2 rings (SSSR count). The number of amides is 2. The predicted molar refractivity (Wildman–Crippen MR) is 75.3 cm³/mol. The van der Waals surface area contributed by atoms with E-state index in [1.165, 1.54) is 5.56 Å². The lowest BCUT2D eigenvalue weighted by Gasteiger charge is -2.11. The average molecular weight is 256 g/mol. The van der Waals surface area contributed by atoms with Crippen LogP contribution in [-0.2, 0) is 6.42 Å². The second-order valence-corrected chi connectivity index (χ2v) is 4.07. The summed E-state index contributed by atoms with van der Waals surface area (Å²) in [6.07, 6.45) is 0.811. The van der Waals surface area contributed by atoms with E-state index >= 15 is 0 Å². The summed E-state index contributed by atoms with van der Waals surface area (Å²) in [5.41, 5.74) is 6.90. The van der Waals surface area contributed by atoms with Gasteiger partial charge in [0.2, 0.25) is 0 Å². The number of ether oxygens (including phenoxy) is 1. The van der Waals surface area contributed by atoms with Crippen LogP contribution in [0.15, 0.2) is 54.6 Å². The third-order valence-electron chi connectivity index (χ3n) is 2.64. The standard InChI is InChI=1S/C15H16N2O2/c16-15(18)17-13-8-4-5-9-14(13)19-11-10-12-6-2-1-3-7-12/h1-9H,10-11H2,(H3,16,17,18). The molecule has 2 aromatic carbocycles. The van der Waals surface area contributed by atoms with Crippen molar-refractivity contribution >= 4 is 11.7 Å². The van der Waals surface area contributed by atoms with Crippen molar-refractivity contribution < 1.29 is 9.53 Å². The lowest BCUT2D eigenvalue weighted by atomic mass is 10.2. The Bertz CT molecular complexity index is 541. The molecule has 0 aliphatic rings. The molecule has 0 aliphatic heterocycles. The first-order valence-corrected chi connectivity index (χ1v) is 6.08. The fourth-order valence-corrected chi connectivity index (χ4v) is 1.75. The lowest BCUT2D eigenvalue weighted by molar-refractivity contribution is 0.259. The van der Waals surface area contributed by atoms with Gasteiger partial charge in [0.25, 0.3) is 0 Å². The highest BCUT2D eigenvalue weighted by Crippen LogP contribution is 2.23. The van der Waals surface area contributed by atoms with Gasteiger partial charge in [-0.2, -0.15) is 0 Å². The molecule has 0 bridgehead atoms. The summed E-state index contributed by atoms with van der Waals surface area (Å²) in [5, 5.41) is 2.54. The normalized spacial score (nSPS) is 9.89. The van der Waals surface area contributed by atoms with Crippen LogP contribution in [0.25, 0.3) is 0 Å². The van der Waals surface area contributed by atoms with Crippen LogP contribution >= 0.6 is 0 Å². The summed E-state index contributed by atoms with van der Waals surface area (Å²) in [6, 6.07) is 16.7. The molecule has 0 aromatic heterocycles. The average Bonchev–Trinajstić information content (AvgIpc) is 2.41. The van der Waals surface area contributed by atoms with Gasteiger partial charge >= 0.3 is 6.03 Å². The van der Waals surface area contributed by atoms with Crippen molar-refractivity contribution in [1.29, 1.82) is 0 Å². The zero-order valence-corrected chi connectivity index (χ0v) is 10.5. The minimum atomic E-state index is -0.598. The van der Waals surface area contributed by atoms with Crippen molar-refractivity contribution in [2.75, 3.05) is 11.9 Å². The Labute approximate surface area is 112 Å². The first kappa shape index (κ1) is 13.0. The van der Waals surface area contributed by atoms with Crippen molar-refractivity contribution in [2.45, 2.75) is 6.42 Å². The molecule has 0 saturated carbocycles. The summed E-state index contributed by atoms with van der Waals surface area (Å²) in [6.45, 7) is 0.543. The third kappa shape index (κ3) is 4.03. The van der Waals surface area contributed by atoms with Crippen LogP contribution in [0.3, 0.4) is 0 Å². The molecule has 19 heavy (non-hydrogen) atoms. The van der Waals surface area contributed by atoms with E-state index in [0.29, 0.717) is 18.0 Å². The van der Waals surface area contributed by atoms with E-state index in [0.717, 1.165) is 6.42 Å². The van der Waals surface area contributed by atoms with Gasteiger partial charge in [0, 0.05) is 6.42 Å².